The molecule has 9 heteroatoms. The fourth-order valence-corrected chi connectivity index (χ4v) is 1.13. The molecule has 0 saturated carbocycles. The van der Waals surface area contributed by atoms with Gasteiger partial charge in [-0.15, -0.1) is 0 Å². The van der Waals surface area contributed by atoms with Crippen molar-refractivity contribution in [2.45, 2.75) is 19.3 Å². The monoisotopic (exact) mass is 257 g/mol. The van der Waals surface area contributed by atoms with Gasteiger partial charge in [-0.05, 0) is 6.42 Å². The summed E-state index contributed by atoms with van der Waals surface area (Å²) in [4.78, 5) is 44.0. The first kappa shape index (κ1) is 23.4. The van der Waals surface area contributed by atoms with E-state index in [9.17, 15) is 29.4 Å². The first-order chi connectivity index (χ1) is 7.75. The second kappa shape index (κ2) is 11.1. The van der Waals surface area contributed by atoms with E-state index in [4.69, 9.17) is 0 Å². The van der Waals surface area contributed by atoms with Crippen molar-refractivity contribution in [1.29, 1.82) is 0 Å². The van der Waals surface area contributed by atoms with Gasteiger partial charge in [0.2, 0.25) is 5.91 Å². The molecule has 7 nitrogen and oxygen atoms in total. The second-order valence-electron chi connectivity index (χ2n) is 3.76. The number of carbonyl (C=O) groups is 4. The minimum absolute atomic E-state index is 0. The summed E-state index contributed by atoms with van der Waals surface area (Å²) in [5, 5.41) is 20.8. The van der Waals surface area contributed by atoms with E-state index in [0.717, 1.165) is 0 Å². The minimum Gasteiger partial charge on any atom is -0.550 e. The van der Waals surface area contributed by atoms with Crippen LogP contribution >= 0.6 is 0 Å². The normalized spacial score (nSPS) is 10.4. The molecule has 0 aliphatic heterocycles. The van der Waals surface area contributed by atoms with Gasteiger partial charge >= 0.3 is 37.7 Å². The largest absolute Gasteiger partial charge is 1.00 e. The Balaban J connectivity index is -0.00000128. The number of hydrogen-bond donors (Lipinski definition) is 0. The number of carboxylic acids is 2. The Morgan fingerprint density at radius 1 is 1.05 bits per heavy atom. The molecule has 0 N–H and O–H groups in total. The number of carboxylic acid groups (broad SMARTS) is 2. The van der Waals surface area contributed by atoms with Crippen LogP contribution in [0.3, 0.4) is 0 Å². The summed E-state index contributed by atoms with van der Waals surface area (Å²) in [6.07, 6.45) is -0.949. The maximum Gasteiger partial charge on any atom is 1.00 e. The van der Waals surface area contributed by atoms with E-state index in [0.29, 0.717) is 0 Å². The molecule has 1 amide bonds. The molecule has 0 aromatic carbocycles. The average Bonchev–Trinajstić information content (AvgIpc) is 2.22. The quantitative estimate of drug-likeness (QED) is 0.330. The molecule has 0 spiro atoms. The van der Waals surface area contributed by atoms with Crippen LogP contribution in [0.25, 0.3) is 0 Å². The molecule has 0 fully saturated rings. The molecule has 0 bridgehead atoms. The number of Topliss-reactive ketones (excluding diaryl/α,β-unsaturated/α-hetero) is 1. The van der Waals surface area contributed by atoms with E-state index in [1.165, 1.54) is 19.0 Å². The van der Waals surface area contributed by atoms with Crippen molar-refractivity contribution >= 4 is 23.6 Å². The van der Waals surface area contributed by atoms with E-state index in [1.807, 2.05) is 0 Å². The summed E-state index contributed by atoms with van der Waals surface area (Å²) in [6, 6.07) is 0. The second-order valence-corrected chi connectivity index (χ2v) is 3.76. The van der Waals surface area contributed by atoms with Crippen LogP contribution in [0.4, 0.5) is 0 Å². The van der Waals surface area contributed by atoms with Gasteiger partial charge in [0.05, 0.1) is 0 Å². The van der Waals surface area contributed by atoms with Crippen molar-refractivity contribution in [3.8, 4) is 0 Å². The zero-order valence-electron chi connectivity index (χ0n) is 11.6. The summed E-state index contributed by atoms with van der Waals surface area (Å²) >= 11 is 0. The van der Waals surface area contributed by atoms with Crippen LogP contribution in [0.1, 0.15) is 19.3 Å². The first-order valence-corrected chi connectivity index (χ1v) is 4.91. The standard InChI is InChI=1S/C10H15NO6.2Li/c1-11(2)8(13)4-3-6(9(14)15)5-7(12)10(16)17;;/h6H,3-5H2,1-2H3,(H,14,15)(H,16,17);;/q;2*+1/p-2. The first-order valence-electron chi connectivity index (χ1n) is 4.91. The van der Waals surface area contributed by atoms with Crippen LogP contribution in [-0.2, 0) is 19.2 Å². The summed E-state index contributed by atoms with van der Waals surface area (Å²) in [7, 11) is 3.01. The van der Waals surface area contributed by atoms with Gasteiger partial charge in [-0.3, -0.25) is 9.59 Å². The van der Waals surface area contributed by atoms with Gasteiger partial charge in [0.1, 0.15) is 5.97 Å². The Hall–Kier alpha value is -0.725. The van der Waals surface area contributed by atoms with Gasteiger partial charge < -0.3 is 24.7 Å². The number of aliphatic carboxylic acids is 2. The van der Waals surface area contributed by atoms with Crippen molar-refractivity contribution in [3.05, 3.63) is 0 Å². The van der Waals surface area contributed by atoms with Crippen LogP contribution in [0, 0.1) is 5.92 Å². The Bertz CT molecular complexity index is 345. The fraction of sp³-hybridized carbons (Fsp3) is 0.600. The Morgan fingerprint density at radius 2 is 1.53 bits per heavy atom. The van der Waals surface area contributed by atoms with E-state index < -0.39 is 30.1 Å². The molecule has 0 aromatic rings. The average molecular weight is 257 g/mol. The number of carbonyl (C=O) groups excluding carboxylic acids is 4. The van der Waals surface area contributed by atoms with E-state index in [1.54, 1.807) is 0 Å². The molecule has 1 unspecified atom stereocenters. The van der Waals surface area contributed by atoms with E-state index in [-0.39, 0.29) is 56.5 Å². The molecular weight excluding hydrogens is 244 g/mol. The Morgan fingerprint density at radius 3 is 1.84 bits per heavy atom. The molecule has 0 rings (SSSR count). The predicted molar refractivity (Wildman–Crippen MR) is 51.1 cm³/mol. The summed E-state index contributed by atoms with van der Waals surface area (Å²) in [6.45, 7) is 0. The molecule has 0 aromatic heterocycles. The van der Waals surface area contributed by atoms with Crippen molar-refractivity contribution in [1.82, 2.24) is 4.90 Å². The third-order valence-corrected chi connectivity index (χ3v) is 2.20. The third kappa shape index (κ3) is 9.81. The SMILES string of the molecule is CN(C)C(=O)CCC(CC(=O)C(=O)[O-])C(=O)[O-].[Li+].[Li+]. The number of rotatable bonds is 7. The summed E-state index contributed by atoms with van der Waals surface area (Å²) < 4.78 is 0. The van der Waals surface area contributed by atoms with Crippen LogP contribution in [0.2, 0.25) is 0 Å². The smallest absolute Gasteiger partial charge is 0.550 e. The molecule has 0 aliphatic carbocycles. The van der Waals surface area contributed by atoms with Crippen molar-refractivity contribution < 1.29 is 67.1 Å². The van der Waals surface area contributed by atoms with Crippen LogP contribution in [-0.4, -0.2) is 42.6 Å². The van der Waals surface area contributed by atoms with Gasteiger partial charge in [-0.2, -0.15) is 0 Å². The molecule has 1 atom stereocenters. The Labute approximate surface area is 135 Å². The van der Waals surface area contributed by atoms with E-state index in [2.05, 4.69) is 0 Å². The predicted octanol–water partition coefficient (Wildman–Crippen LogP) is -9.06. The third-order valence-electron chi connectivity index (χ3n) is 2.20. The van der Waals surface area contributed by atoms with Gasteiger partial charge in [-0.1, -0.05) is 0 Å². The zero-order chi connectivity index (χ0) is 13.6. The molecule has 0 radical (unpaired) electrons. The van der Waals surface area contributed by atoms with Gasteiger partial charge in [-0.25, -0.2) is 0 Å². The minimum atomic E-state index is -1.94. The van der Waals surface area contributed by atoms with Crippen molar-refractivity contribution in [3.63, 3.8) is 0 Å². The topological polar surface area (TPSA) is 118 Å². The maximum atomic E-state index is 11.2. The number of nitrogens with zero attached hydrogens (tertiary/aromatic N) is 1. The molecule has 96 valence electrons. The number of hydrogen-bond acceptors (Lipinski definition) is 6. The van der Waals surface area contributed by atoms with Gasteiger partial charge in [0, 0.05) is 38.8 Å². The Kier molecular flexibility index (Phi) is 13.7. The van der Waals surface area contributed by atoms with Gasteiger partial charge in [0.25, 0.3) is 0 Å². The molecule has 0 aliphatic rings. The fourth-order valence-electron chi connectivity index (χ4n) is 1.13. The molecular formula is C10H13Li2NO6. The molecule has 0 heterocycles. The van der Waals surface area contributed by atoms with Crippen LogP contribution in [0.15, 0.2) is 0 Å². The van der Waals surface area contributed by atoms with E-state index >= 15 is 0 Å². The van der Waals surface area contributed by atoms with Crippen molar-refractivity contribution in [2.24, 2.45) is 5.92 Å². The molecule has 19 heavy (non-hydrogen) atoms. The number of ketones is 1. The maximum absolute atomic E-state index is 11.2. The molecule has 0 saturated heterocycles. The van der Waals surface area contributed by atoms with Crippen molar-refractivity contribution in [2.75, 3.05) is 14.1 Å². The van der Waals surface area contributed by atoms with Crippen LogP contribution in [0.5, 0.6) is 0 Å². The summed E-state index contributed by atoms with van der Waals surface area (Å²) in [5.74, 6) is -6.39. The summed E-state index contributed by atoms with van der Waals surface area (Å²) in [5.41, 5.74) is 0. The van der Waals surface area contributed by atoms with Gasteiger partial charge in [0.15, 0.2) is 5.78 Å². The zero-order valence-corrected chi connectivity index (χ0v) is 11.6. The number of amides is 1. The van der Waals surface area contributed by atoms with Crippen LogP contribution < -0.4 is 47.9 Å².